The number of ether oxygens (including phenoxy) is 1. The van der Waals surface area contributed by atoms with E-state index >= 15 is 0 Å². The molecule has 0 radical (unpaired) electrons. The number of aryl methyl sites for hydroxylation is 2. The normalized spacial score (nSPS) is 12.0. The number of rotatable bonds is 6. The van der Waals surface area contributed by atoms with Crippen molar-refractivity contribution in [3.63, 3.8) is 0 Å². The molecule has 0 spiro atoms. The van der Waals surface area contributed by atoms with Crippen LogP contribution in [0.2, 0.25) is 0 Å². The van der Waals surface area contributed by atoms with Gasteiger partial charge >= 0.3 is 0 Å². The van der Waals surface area contributed by atoms with Gasteiger partial charge in [0, 0.05) is 24.3 Å². The standard InChI is InChI=1S/C19H24ClNO/c1-5-21(16-8-6-7-14(2)11-16)13-18(20)17-12-15(3)9-10-19(17)22-4/h6-12,18H,5,13H2,1-4H3. The average molecular weight is 318 g/mol. The van der Waals surface area contributed by atoms with Crippen LogP contribution in [0, 0.1) is 13.8 Å². The highest BCUT2D eigenvalue weighted by atomic mass is 35.5. The van der Waals surface area contributed by atoms with Gasteiger partial charge in [-0.3, -0.25) is 0 Å². The third kappa shape index (κ3) is 3.95. The number of halogens is 1. The molecule has 0 aliphatic rings. The fourth-order valence-corrected chi connectivity index (χ4v) is 2.97. The molecule has 2 rings (SSSR count). The molecule has 0 N–H and O–H groups in total. The minimum Gasteiger partial charge on any atom is -0.496 e. The zero-order valence-corrected chi connectivity index (χ0v) is 14.5. The first kappa shape index (κ1) is 16.7. The number of hydrogen-bond acceptors (Lipinski definition) is 2. The fraction of sp³-hybridized carbons (Fsp3) is 0.368. The van der Waals surface area contributed by atoms with Crippen molar-refractivity contribution >= 4 is 17.3 Å². The van der Waals surface area contributed by atoms with E-state index in [9.17, 15) is 0 Å². The number of alkyl halides is 1. The largest absolute Gasteiger partial charge is 0.496 e. The number of hydrogen-bond donors (Lipinski definition) is 0. The highest BCUT2D eigenvalue weighted by Gasteiger charge is 2.17. The summed E-state index contributed by atoms with van der Waals surface area (Å²) >= 11 is 6.70. The molecule has 0 amide bonds. The van der Waals surface area contributed by atoms with Crippen LogP contribution < -0.4 is 9.64 Å². The van der Waals surface area contributed by atoms with Crippen LogP contribution in [0.25, 0.3) is 0 Å². The van der Waals surface area contributed by atoms with E-state index in [-0.39, 0.29) is 5.38 Å². The maximum Gasteiger partial charge on any atom is 0.123 e. The molecule has 2 aromatic rings. The van der Waals surface area contributed by atoms with Crippen LogP contribution >= 0.6 is 11.6 Å². The van der Waals surface area contributed by atoms with E-state index in [1.165, 1.54) is 16.8 Å². The summed E-state index contributed by atoms with van der Waals surface area (Å²) in [6.45, 7) is 8.01. The van der Waals surface area contributed by atoms with Crippen LogP contribution in [0.5, 0.6) is 5.75 Å². The number of methoxy groups -OCH3 is 1. The molecule has 0 bridgehead atoms. The second-order valence-corrected chi connectivity index (χ2v) is 6.12. The molecule has 1 unspecified atom stereocenters. The van der Waals surface area contributed by atoms with Crippen LogP contribution in [-0.2, 0) is 0 Å². The van der Waals surface area contributed by atoms with Gasteiger partial charge in [0.05, 0.1) is 12.5 Å². The lowest BCUT2D eigenvalue weighted by molar-refractivity contribution is 0.409. The average Bonchev–Trinajstić information content (AvgIpc) is 2.52. The molecule has 1 atom stereocenters. The lowest BCUT2D eigenvalue weighted by Crippen LogP contribution is -2.26. The lowest BCUT2D eigenvalue weighted by Gasteiger charge is -2.27. The van der Waals surface area contributed by atoms with Gasteiger partial charge in [0.15, 0.2) is 0 Å². The van der Waals surface area contributed by atoms with Crippen LogP contribution in [0.4, 0.5) is 5.69 Å². The third-order valence-corrected chi connectivity index (χ3v) is 4.22. The minimum atomic E-state index is -0.115. The third-order valence-electron chi connectivity index (χ3n) is 3.85. The summed E-state index contributed by atoms with van der Waals surface area (Å²) in [6.07, 6.45) is 0. The van der Waals surface area contributed by atoms with Crippen LogP contribution in [0.15, 0.2) is 42.5 Å². The van der Waals surface area contributed by atoms with Crippen LogP contribution in [0.1, 0.15) is 29.0 Å². The van der Waals surface area contributed by atoms with Crippen LogP contribution in [-0.4, -0.2) is 20.2 Å². The topological polar surface area (TPSA) is 12.5 Å². The molecule has 0 saturated heterocycles. The Kier molecular flexibility index (Phi) is 5.73. The number of anilines is 1. The predicted octanol–water partition coefficient (Wildman–Crippen LogP) is 5.12. The Morgan fingerprint density at radius 3 is 2.45 bits per heavy atom. The summed E-state index contributed by atoms with van der Waals surface area (Å²) in [5.74, 6) is 0.853. The molecule has 0 aliphatic carbocycles. The SMILES string of the molecule is CCN(CC(Cl)c1cc(C)ccc1OC)c1cccc(C)c1. The molecule has 3 heteroatoms. The van der Waals surface area contributed by atoms with E-state index in [2.05, 4.69) is 56.0 Å². The fourth-order valence-electron chi connectivity index (χ4n) is 2.63. The number of nitrogens with zero attached hydrogens (tertiary/aromatic N) is 1. The maximum atomic E-state index is 6.70. The summed E-state index contributed by atoms with van der Waals surface area (Å²) in [5, 5.41) is -0.115. The van der Waals surface area contributed by atoms with E-state index in [4.69, 9.17) is 16.3 Å². The smallest absolute Gasteiger partial charge is 0.123 e. The van der Waals surface area contributed by atoms with Crippen molar-refractivity contribution in [3.8, 4) is 5.75 Å². The Morgan fingerprint density at radius 1 is 1.09 bits per heavy atom. The Labute approximate surface area is 138 Å². The molecule has 0 saturated carbocycles. The van der Waals surface area contributed by atoms with E-state index in [1.807, 2.05) is 12.1 Å². The molecule has 0 fully saturated rings. The van der Waals surface area contributed by atoms with Crippen molar-refractivity contribution in [1.29, 1.82) is 0 Å². The van der Waals surface area contributed by atoms with Gasteiger partial charge in [-0.2, -0.15) is 0 Å². The predicted molar refractivity (Wildman–Crippen MR) is 95.4 cm³/mol. The molecule has 2 nitrogen and oxygen atoms in total. The number of benzene rings is 2. The first-order chi connectivity index (χ1) is 10.5. The molecule has 118 valence electrons. The molecule has 0 aliphatic heterocycles. The molecular formula is C19H24ClNO. The molecule has 0 aromatic heterocycles. The van der Waals surface area contributed by atoms with Gasteiger partial charge in [-0.25, -0.2) is 0 Å². The van der Waals surface area contributed by atoms with Crippen molar-refractivity contribution in [3.05, 3.63) is 59.2 Å². The highest BCUT2D eigenvalue weighted by Crippen LogP contribution is 2.32. The first-order valence-corrected chi connectivity index (χ1v) is 8.09. The van der Waals surface area contributed by atoms with Crippen molar-refractivity contribution in [2.45, 2.75) is 26.1 Å². The first-order valence-electron chi connectivity index (χ1n) is 7.65. The molecule has 22 heavy (non-hydrogen) atoms. The van der Waals surface area contributed by atoms with Crippen molar-refractivity contribution in [1.82, 2.24) is 0 Å². The number of likely N-dealkylation sites (N-methyl/N-ethyl adjacent to an activating group) is 1. The summed E-state index contributed by atoms with van der Waals surface area (Å²) in [5.41, 5.74) is 4.71. The second-order valence-electron chi connectivity index (χ2n) is 5.59. The van der Waals surface area contributed by atoms with Crippen molar-refractivity contribution in [2.75, 3.05) is 25.1 Å². The Bertz CT molecular complexity index is 627. The summed E-state index contributed by atoms with van der Waals surface area (Å²) in [6, 6.07) is 14.7. The van der Waals surface area contributed by atoms with E-state index < -0.39 is 0 Å². The second kappa shape index (κ2) is 7.55. The van der Waals surface area contributed by atoms with Gasteiger partial charge in [0.25, 0.3) is 0 Å². The van der Waals surface area contributed by atoms with Gasteiger partial charge < -0.3 is 9.64 Å². The minimum absolute atomic E-state index is 0.115. The van der Waals surface area contributed by atoms with Gasteiger partial charge in [0.1, 0.15) is 5.75 Å². The van der Waals surface area contributed by atoms with Gasteiger partial charge in [-0.15, -0.1) is 11.6 Å². The Hall–Kier alpha value is -1.67. The zero-order valence-electron chi connectivity index (χ0n) is 13.8. The van der Waals surface area contributed by atoms with E-state index in [0.29, 0.717) is 0 Å². The lowest BCUT2D eigenvalue weighted by atomic mass is 10.1. The quantitative estimate of drug-likeness (QED) is 0.686. The summed E-state index contributed by atoms with van der Waals surface area (Å²) in [7, 11) is 1.69. The van der Waals surface area contributed by atoms with Gasteiger partial charge in [-0.05, 0) is 44.5 Å². The Morgan fingerprint density at radius 2 is 1.82 bits per heavy atom. The highest BCUT2D eigenvalue weighted by molar-refractivity contribution is 6.21. The maximum absolute atomic E-state index is 6.70. The molecular weight excluding hydrogens is 294 g/mol. The van der Waals surface area contributed by atoms with Gasteiger partial charge in [-0.1, -0.05) is 29.8 Å². The molecule has 0 heterocycles. The molecule has 2 aromatic carbocycles. The van der Waals surface area contributed by atoms with Crippen LogP contribution in [0.3, 0.4) is 0 Å². The summed E-state index contributed by atoms with van der Waals surface area (Å²) < 4.78 is 5.46. The summed E-state index contributed by atoms with van der Waals surface area (Å²) in [4.78, 5) is 2.30. The van der Waals surface area contributed by atoms with E-state index in [1.54, 1.807) is 7.11 Å². The van der Waals surface area contributed by atoms with Crippen molar-refractivity contribution < 1.29 is 4.74 Å². The Balaban J connectivity index is 2.22. The zero-order chi connectivity index (χ0) is 16.1. The van der Waals surface area contributed by atoms with E-state index in [0.717, 1.165) is 24.4 Å². The van der Waals surface area contributed by atoms with Crippen molar-refractivity contribution in [2.24, 2.45) is 0 Å². The van der Waals surface area contributed by atoms with Gasteiger partial charge in [0.2, 0.25) is 0 Å². The monoisotopic (exact) mass is 317 g/mol.